The summed E-state index contributed by atoms with van der Waals surface area (Å²) in [6, 6.07) is 40.5. The van der Waals surface area contributed by atoms with E-state index >= 15 is 0 Å². The third kappa shape index (κ3) is 16.8. The lowest BCUT2D eigenvalue weighted by atomic mass is 10.1. The van der Waals surface area contributed by atoms with Gasteiger partial charge in [0.1, 0.15) is 53.0 Å². The SMILES string of the molecule is Cc1csc(-c2ccc3[nH]ccc3c2)n1.Cc1csc(-c2ccc3[nH]ncc3c2)n1.Cc1csc(-c2ccc3c(c2)COC3=O)n1.Cc1csc(-c2ccc3c(cnn3C)c2)n1.Cc1csc(-c2ccc3oc(=O)[nH]c3c2)n1.Cc1csc(-c2ccn3ccnc3c2)n1.Cc1csc(-c2cnc3[nH]ccc3c2)n1. The number of hydrogen-bond acceptors (Lipinski definition) is 22. The molecule has 0 atom stereocenters. The Morgan fingerprint density at radius 1 is 0.426 bits per heavy atom. The Hall–Kier alpha value is -11.9. The summed E-state index contributed by atoms with van der Waals surface area (Å²) in [6.07, 6.45) is 15.2. The number of cyclic esters (lactones) is 1. The van der Waals surface area contributed by atoms with Crippen molar-refractivity contribution < 1.29 is 13.9 Å². The normalized spacial score (nSPS) is 11.4. The lowest BCUT2D eigenvalue weighted by molar-refractivity contribution is 0.0535. The molecule has 0 saturated heterocycles. The van der Waals surface area contributed by atoms with Gasteiger partial charge in [-0.25, -0.2) is 54.4 Å². The van der Waals surface area contributed by atoms with E-state index in [1.807, 2.05) is 161 Å². The predicted octanol–water partition coefficient (Wildman–Crippen LogP) is 20.7. The summed E-state index contributed by atoms with van der Waals surface area (Å²) >= 11 is 11.6. The largest absolute Gasteiger partial charge is 0.457 e. The highest BCUT2D eigenvalue weighted by Gasteiger charge is 2.22. The zero-order valence-electron chi connectivity index (χ0n) is 59.2. The highest BCUT2D eigenvalue weighted by Crippen LogP contribution is 2.34. The Morgan fingerprint density at radius 3 is 1.51 bits per heavy atom. The van der Waals surface area contributed by atoms with E-state index in [0.717, 1.165) is 147 Å². The zero-order valence-corrected chi connectivity index (χ0v) is 64.9. The minimum atomic E-state index is -0.428. The van der Waals surface area contributed by atoms with Gasteiger partial charge in [0, 0.05) is 193 Å². The lowest BCUT2D eigenvalue weighted by Gasteiger charge is -1.98. The first kappa shape index (κ1) is 71.7. The van der Waals surface area contributed by atoms with Crippen molar-refractivity contribution in [3.63, 3.8) is 0 Å². The van der Waals surface area contributed by atoms with Crippen LogP contribution in [0, 0.1) is 48.5 Å². The second kappa shape index (κ2) is 32.1. The number of nitrogens with zero attached hydrogens (tertiary/aromatic N) is 13. The minimum absolute atomic E-state index is 0.225. The maximum Gasteiger partial charge on any atom is 0.417 e. The van der Waals surface area contributed by atoms with Gasteiger partial charge in [0.15, 0.2) is 5.58 Å². The van der Waals surface area contributed by atoms with Crippen LogP contribution >= 0.6 is 79.4 Å². The molecule has 0 aliphatic carbocycles. The molecule has 21 rings (SSSR count). The van der Waals surface area contributed by atoms with Crippen molar-refractivity contribution in [2.24, 2.45) is 7.05 Å². The number of carbonyl (C=O) groups is 1. The van der Waals surface area contributed by atoms with Gasteiger partial charge in [-0.15, -0.1) is 79.4 Å². The average Bonchev–Trinajstić information content (AvgIpc) is 1.23. The van der Waals surface area contributed by atoms with Crippen LogP contribution in [0.15, 0.2) is 218 Å². The molecule has 15 aromatic heterocycles. The Kier molecular flexibility index (Phi) is 21.3. The van der Waals surface area contributed by atoms with E-state index in [0.29, 0.717) is 23.3 Å². The van der Waals surface area contributed by atoms with Crippen LogP contribution in [0.4, 0.5) is 0 Å². The number of imidazole rings is 1. The summed E-state index contributed by atoms with van der Waals surface area (Å²) in [6.45, 7) is 14.4. The van der Waals surface area contributed by atoms with Crippen molar-refractivity contribution in [2.45, 2.75) is 55.1 Å². The fourth-order valence-corrected chi connectivity index (χ4v) is 17.0. The van der Waals surface area contributed by atoms with Crippen molar-refractivity contribution in [1.82, 2.24) is 84.2 Å². The number of aromatic amines is 4. The van der Waals surface area contributed by atoms with E-state index in [-0.39, 0.29) is 5.97 Å². The van der Waals surface area contributed by atoms with Crippen molar-refractivity contribution in [1.29, 1.82) is 0 Å². The van der Waals surface area contributed by atoms with Crippen LogP contribution in [0.2, 0.25) is 0 Å². The number of pyridine rings is 2. The van der Waals surface area contributed by atoms with Crippen LogP contribution in [0.3, 0.4) is 0 Å². The maximum atomic E-state index is 11.3. The average molecular weight is 1550 g/mol. The van der Waals surface area contributed by atoms with E-state index in [2.05, 4.69) is 175 Å². The van der Waals surface area contributed by atoms with Crippen LogP contribution in [-0.2, 0) is 18.4 Å². The van der Waals surface area contributed by atoms with Gasteiger partial charge in [-0.1, -0.05) is 6.07 Å². The number of esters is 1. The molecule has 0 amide bonds. The number of ether oxygens (including phenoxy) is 1. The van der Waals surface area contributed by atoms with Crippen molar-refractivity contribution in [3.8, 4) is 74.0 Å². The molecular weight excluding hydrogens is 1490 g/mol. The summed E-state index contributed by atoms with van der Waals surface area (Å²) in [7, 11) is 1.95. The maximum absolute atomic E-state index is 11.3. The quantitative estimate of drug-likeness (QED) is 0.108. The molecule has 5 aromatic carbocycles. The van der Waals surface area contributed by atoms with Gasteiger partial charge in [-0.3, -0.25) is 14.8 Å². The standard InChI is InChI=1S/C12H11N3S.C12H10N2S.C12H9NO2S.3C11H9N3S.C11H8N2O2S/c1-8-7-16-12(14-8)9-3-4-11-10(5-9)6-13-15(11)2;1-8-7-15-12(14-8)10-2-3-11-9(6-10)4-5-13-11;1-7-6-16-11(13-7)8-2-3-10-9(4-8)5-15-12(10)14;1-8-7-15-11(13-8)9-2-4-14-5-3-12-10(14)6-9;1-7-6-15-11(14-7)9-4-8-2-3-12-10(8)13-5-9;1-7-6-15-11(13-7)8-2-3-10-9(4-8)5-12-14-10;1-6-5-16-10(12-6)7-2-3-9-8(4-7)13-11(14)15-9/h3-7H,1-2H3;2-7,13H,1H3;2-4,6H,5H2,1H3;2-7H,1H3;2-6H,1H3,(H,12,13);2-6H,1H3,(H,12,14);2-5H,1H3,(H,13,14). The van der Waals surface area contributed by atoms with Crippen molar-refractivity contribution in [3.05, 3.63) is 270 Å². The monoisotopic (exact) mass is 1550 g/mol. The fourth-order valence-electron chi connectivity index (χ4n) is 11.4. The van der Waals surface area contributed by atoms with Gasteiger partial charge in [-0.2, -0.15) is 10.2 Å². The molecule has 16 heterocycles. The van der Waals surface area contributed by atoms with Crippen molar-refractivity contribution in [2.75, 3.05) is 0 Å². The molecule has 1 aliphatic rings. The predicted molar refractivity (Wildman–Crippen MR) is 440 cm³/mol. The topological polar surface area (TPSA) is 271 Å². The smallest absolute Gasteiger partial charge is 0.417 e. The highest BCUT2D eigenvalue weighted by molar-refractivity contribution is 7.15. The van der Waals surface area contributed by atoms with E-state index in [1.165, 1.54) is 22.0 Å². The van der Waals surface area contributed by atoms with Gasteiger partial charge in [0.2, 0.25) is 0 Å². The highest BCUT2D eigenvalue weighted by atomic mass is 32.1. The number of hydrogen-bond donors (Lipinski definition) is 4. The molecule has 536 valence electrons. The fraction of sp³-hybridized carbons (Fsp3) is 0.113. The molecule has 21 nitrogen and oxygen atoms in total. The first-order valence-electron chi connectivity index (χ1n) is 33.7. The van der Waals surface area contributed by atoms with Gasteiger partial charge in [0.25, 0.3) is 0 Å². The molecule has 0 radical (unpaired) electrons. The van der Waals surface area contributed by atoms with E-state index < -0.39 is 5.76 Å². The number of rotatable bonds is 7. The lowest BCUT2D eigenvalue weighted by Crippen LogP contribution is -1.92. The summed E-state index contributed by atoms with van der Waals surface area (Å²) < 4.78 is 13.8. The zero-order chi connectivity index (χ0) is 74.4. The number of H-pyrrole nitrogens is 4. The molecule has 20 aromatic rings. The molecule has 108 heavy (non-hydrogen) atoms. The molecule has 0 spiro atoms. The third-order valence-electron chi connectivity index (χ3n) is 16.7. The molecule has 0 bridgehead atoms. The first-order chi connectivity index (χ1) is 52.5. The Labute approximate surface area is 645 Å². The van der Waals surface area contributed by atoms with E-state index in [4.69, 9.17) is 9.15 Å². The van der Waals surface area contributed by atoms with Gasteiger partial charge < -0.3 is 23.5 Å². The summed E-state index contributed by atoms with van der Waals surface area (Å²) in [5, 5.41) is 37.4. The third-order valence-corrected chi connectivity index (χ3v) is 23.8. The second-order valence-corrected chi connectivity index (χ2v) is 31.0. The Balaban J connectivity index is 0.000000101. The number of fused-ring (bicyclic) bond motifs is 7. The first-order valence-corrected chi connectivity index (χ1v) is 39.9. The molecule has 1 aliphatic heterocycles. The Bertz CT molecular complexity index is 6140. The van der Waals surface area contributed by atoms with E-state index in [9.17, 15) is 9.59 Å². The molecule has 4 N–H and O–H groups in total. The van der Waals surface area contributed by atoms with Gasteiger partial charge in [-0.05, 0) is 164 Å². The number of benzene rings is 5. The molecule has 0 fully saturated rings. The summed E-state index contributed by atoms with van der Waals surface area (Å²) in [4.78, 5) is 70.9. The molecule has 0 unspecified atom stereocenters. The van der Waals surface area contributed by atoms with Crippen LogP contribution < -0.4 is 5.76 Å². The molecular formula is C80H65N17O4S7. The number of carbonyl (C=O) groups excluding carboxylic acids is 1. The van der Waals surface area contributed by atoms with Gasteiger partial charge in [0.05, 0.1) is 34.5 Å². The number of thiazole rings is 7. The number of aromatic nitrogens is 17. The van der Waals surface area contributed by atoms with Crippen molar-refractivity contribution >= 4 is 146 Å². The summed E-state index contributed by atoms with van der Waals surface area (Å²) in [5.41, 5.74) is 23.3. The summed E-state index contributed by atoms with van der Waals surface area (Å²) in [5.74, 6) is -0.653. The number of oxazole rings is 1. The van der Waals surface area contributed by atoms with Crippen LogP contribution in [0.5, 0.6) is 0 Å². The second-order valence-electron chi connectivity index (χ2n) is 25.0. The molecule has 0 saturated carbocycles. The van der Waals surface area contributed by atoms with Crippen LogP contribution in [0.1, 0.15) is 55.8 Å². The molecule has 28 heteroatoms. The van der Waals surface area contributed by atoms with E-state index in [1.54, 1.807) is 91.6 Å². The van der Waals surface area contributed by atoms with Crippen LogP contribution in [0.25, 0.3) is 134 Å². The van der Waals surface area contributed by atoms with Gasteiger partial charge >= 0.3 is 11.7 Å². The number of nitrogens with one attached hydrogen (secondary N) is 4. The number of aryl methyl sites for hydroxylation is 8. The minimum Gasteiger partial charge on any atom is -0.457 e. The Morgan fingerprint density at radius 2 is 0.917 bits per heavy atom. The van der Waals surface area contributed by atoms with Crippen LogP contribution in [-0.4, -0.2) is 90.2 Å².